The molecule has 25 heavy (non-hydrogen) atoms. The molecule has 130 valence electrons. The Bertz CT molecular complexity index is 876. The molecule has 0 aliphatic carbocycles. The highest BCUT2D eigenvalue weighted by molar-refractivity contribution is 6.32. The number of methoxy groups -OCH3 is 1. The van der Waals surface area contributed by atoms with Gasteiger partial charge in [-0.15, -0.1) is 15.3 Å². The highest BCUT2D eigenvalue weighted by Crippen LogP contribution is 2.28. The predicted octanol–water partition coefficient (Wildman–Crippen LogP) is 2.01. The number of hydrogen-bond acceptors (Lipinski definition) is 6. The number of nitrogens with one attached hydrogen (secondary N) is 1. The number of halogens is 1. The van der Waals surface area contributed by atoms with Crippen molar-refractivity contribution in [2.75, 3.05) is 31.6 Å². The first kappa shape index (κ1) is 16.1. The first-order valence-electron chi connectivity index (χ1n) is 8.18. The second-order valence-electron chi connectivity index (χ2n) is 6.16. The van der Waals surface area contributed by atoms with Crippen LogP contribution in [0.15, 0.2) is 36.7 Å². The lowest BCUT2D eigenvalue weighted by Crippen LogP contribution is -2.51. The first-order chi connectivity index (χ1) is 12.2. The molecule has 0 unspecified atom stereocenters. The number of nitrogens with zero attached hydrogens (tertiary/aromatic N) is 5. The second kappa shape index (κ2) is 6.85. The summed E-state index contributed by atoms with van der Waals surface area (Å²) in [7, 11) is 1.63. The summed E-state index contributed by atoms with van der Waals surface area (Å²) in [5, 5.41) is 16.5. The van der Waals surface area contributed by atoms with E-state index in [1.165, 1.54) is 0 Å². The van der Waals surface area contributed by atoms with Crippen molar-refractivity contribution in [2.45, 2.75) is 6.54 Å². The van der Waals surface area contributed by atoms with E-state index in [0.717, 1.165) is 43.2 Å². The minimum atomic E-state index is 0.600. The molecular formula is C17H19ClN6O. The fourth-order valence-corrected chi connectivity index (χ4v) is 3.30. The van der Waals surface area contributed by atoms with E-state index in [0.29, 0.717) is 16.7 Å². The fraction of sp³-hybridized carbons (Fsp3) is 0.353. The molecule has 0 amide bonds. The lowest BCUT2D eigenvalue weighted by molar-refractivity contribution is 0.380. The van der Waals surface area contributed by atoms with Crippen LogP contribution < -0.4 is 15.0 Å². The molecule has 8 heteroatoms. The van der Waals surface area contributed by atoms with Gasteiger partial charge in [-0.05, 0) is 23.8 Å². The molecule has 0 atom stereocenters. The van der Waals surface area contributed by atoms with E-state index in [9.17, 15) is 0 Å². The number of benzene rings is 1. The highest BCUT2D eigenvalue weighted by Gasteiger charge is 2.27. The number of aromatic nitrogens is 4. The van der Waals surface area contributed by atoms with E-state index in [1.54, 1.807) is 18.0 Å². The van der Waals surface area contributed by atoms with Crippen molar-refractivity contribution >= 4 is 23.1 Å². The van der Waals surface area contributed by atoms with Crippen LogP contribution in [0.1, 0.15) is 5.56 Å². The Labute approximate surface area is 150 Å². The molecule has 3 heterocycles. The molecule has 0 spiro atoms. The lowest BCUT2D eigenvalue weighted by atomic mass is 10.00. The molecule has 0 saturated carbocycles. The molecule has 1 N–H and O–H groups in total. The van der Waals surface area contributed by atoms with Crippen LogP contribution >= 0.6 is 11.6 Å². The van der Waals surface area contributed by atoms with Crippen LogP contribution in [0, 0.1) is 5.92 Å². The average Bonchev–Trinajstić information content (AvgIpc) is 3.06. The van der Waals surface area contributed by atoms with Gasteiger partial charge >= 0.3 is 0 Å². The Morgan fingerprint density at radius 3 is 3.00 bits per heavy atom. The zero-order chi connectivity index (χ0) is 17.2. The van der Waals surface area contributed by atoms with Gasteiger partial charge in [0.2, 0.25) is 0 Å². The van der Waals surface area contributed by atoms with Gasteiger partial charge in [-0.3, -0.25) is 0 Å². The molecule has 0 radical (unpaired) electrons. The summed E-state index contributed by atoms with van der Waals surface area (Å²) in [5.41, 5.74) is 1.81. The summed E-state index contributed by atoms with van der Waals surface area (Å²) < 4.78 is 6.95. The third kappa shape index (κ3) is 3.25. The van der Waals surface area contributed by atoms with Crippen LogP contribution in [0.25, 0.3) is 5.65 Å². The molecule has 1 fully saturated rings. The van der Waals surface area contributed by atoms with Crippen molar-refractivity contribution in [3.63, 3.8) is 0 Å². The summed E-state index contributed by atoms with van der Waals surface area (Å²) in [5.74, 6) is 2.27. The SMILES string of the molecule is COc1cccc(CNCC2CN(c3ccc4nncn4n3)C2)c1Cl. The minimum absolute atomic E-state index is 0.600. The Hall–Kier alpha value is -2.38. The van der Waals surface area contributed by atoms with Gasteiger partial charge in [0.15, 0.2) is 5.65 Å². The molecule has 1 aliphatic rings. The van der Waals surface area contributed by atoms with Crippen molar-refractivity contribution in [1.82, 2.24) is 25.1 Å². The van der Waals surface area contributed by atoms with E-state index in [4.69, 9.17) is 16.3 Å². The van der Waals surface area contributed by atoms with Gasteiger partial charge in [0, 0.05) is 32.1 Å². The largest absolute Gasteiger partial charge is 0.495 e. The topological polar surface area (TPSA) is 67.6 Å². The number of fused-ring (bicyclic) bond motifs is 1. The number of rotatable bonds is 6. The zero-order valence-corrected chi connectivity index (χ0v) is 14.6. The standard InChI is InChI=1S/C17H19ClN6O/c1-25-14-4-2-3-13(17(14)18)8-19-7-12-9-23(10-12)16-6-5-15-21-20-11-24(15)22-16/h2-6,11-12,19H,7-10H2,1H3. The molecule has 4 rings (SSSR count). The second-order valence-corrected chi connectivity index (χ2v) is 6.54. The van der Waals surface area contributed by atoms with Gasteiger partial charge < -0.3 is 15.0 Å². The third-order valence-corrected chi connectivity index (χ3v) is 4.87. The molecular weight excluding hydrogens is 340 g/mol. The number of ether oxygens (including phenoxy) is 1. The van der Waals surface area contributed by atoms with Crippen LogP contribution in [0.5, 0.6) is 5.75 Å². The summed E-state index contributed by atoms with van der Waals surface area (Å²) in [6.07, 6.45) is 1.62. The zero-order valence-electron chi connectivity index (χ0n) is 13.9. The van der Waals surface area contributed by atoms with E-state index in [-0.39, 0.29) is 0 Å². The fourth-order valence-electron chi connectivity index (χ4n) is 3.03. The van der Waals surface area contributed by atoms with Crippen molar-refractivity contribution in [3.05, 3.63) is 47.2 Å². The van der Waals surface area contributed by atoms with Crippen LogP contribution in [0.4, 0.5) is 5.82 Å². The Morgan fingerprint density at radius 2 is 2.16 bits per heavy atom. The van der Waals surface area contributed by atoms with Crippen LogP contribution in [-0.2, 0) is 6.54 Å². The third-order valence-electron chi connectivity index (χ3n) is 4.44. The predicted molar refractivity (Wildman–Crippen MR) is 96.2 cm³/mol. The maximum atomic E-state index is 6.32. The van der Waals surface area contributed by atoms with Gasteiger partial charge in [0.05, 0.1) is 12.1 Å². The van der Waals surface area contributed by atoms with E-state index < -0.39 is 0 Å². The molecule has 3 aromatic rings. The maximum absolute atomic E-state index is 6.32. The summed E-state index contributed by atoms with van der Waals surface area (Å²) in [6, 6.07) is 9.77. The smallest absolute Gasteiger partial charge is 0.177 e. The minimum Gasteiger partial charge on any atom is -0.495 e. The molecule has 1 aromatic carbocycles. The van der Waals surface area contributed by atoms with Crippen molar-refractivity contribution in [3.8, 4) is 5.75 Å². The summed E-state index contributed by atoms with van der Waals surface area (Å²) >= 11 is 6.32. The van der Waals surface area contributed by atoms with Crippen LogP contribution in [0.2, 0.25) is 5.02 Å². The van der Waals surface area contributed by atoms with E-state index in [2.05, 4.69) is 25.5 Å². The molecule has 1 saturated heterocycles. The first-order valence-corrected chi connectivity index (χ1v) is 8.56. The van der Waals surface area contributed by atoms with Crippen LogP contribution in [-0.4, -0.2) is 46.6 Å². The normalized spacial score (nSPS) is 14.7. The molecule has 2 aromatic heterocycles. The van der Waals surface area contributed by atoms with E-state index in [1.807, 2.05) is 30.3 Å². The highest BCUT2D eigenvalue weighted by atomic mass is 35.5. The van der Waals surface area contributed by atoms with Crippen LogP contribution in [0.3, 0.4) is 0 Å². The van der Waals surface area contributed by atoms with Gasteiger partial charge in [0.25, 0.3) is 0 Å². The molecule has 7 nitrogen and oxygen atoms in total. The Morgan fingerprint density at radius 1 is 1.28 bits per heavy atom. The molecule has 1 aliphatic heterocycles. The summed E-state index contributed by atoms with van der Waals surface area (Å²) in [4.78, 5) is 2.25. The Kier molecular flexibility index (Phi) is 4.42. The van der Waals surface area contributed by atoms with Gasteiger partial charge in [-0.1, -0.05) is 23.7 Å². The summed E-state index contributed by atoms with van der Waals surface area (Å²) in [6.45, 7) is 3.65. The maximum Gasteiger partial charge on any atom is 0.177 e. The lowest BCUT2D eigenvalue weighted by Gasteiger charge is -2.40. The quantitative estimate of drug-likeness (QED) is 0.727. The van der Waals surface area contributed by atoms with Crippen molar-refractivity contribution < 1.29 is 4.74 Å². The Balaban J connectivity index is 1.27. The van der Waals surface area contributed by atoms with Crippen molar-refractivity contribution in [2.24, 2.45) is 5.92 Å². The van der Waals surface area contributed by atoms with Gasteiger partial charge in [-0.25, -0.2) is 0 Å². The van der Waals surface area contributed by atoms with Gasteiger partial charge in [-0.2, -0.15) is 4.52 Å². The monoisotopic (exact) mass is 358 g/mol. The van der Waals surface area contributed by atoms with Gasteiger partial charge in [0.1, 0.15) is 17.9 Å². The number of hydrogen-bond donors (Lipinski definition) is 1. The van der Waals surface area contributed by atoms with E-state index >= 15 is 0 Å². The van der Waals surface area contributed by atoms with Crippen molar-refractivity contribution in [1.29, 1.82) is 0 Å². The average molecular weight is 359 g/mol. The molecule has 0 bridgehead atoms. The number of anilines is 1.